The zero-order valence-corrected chi connectivity index (χ0v) is 17.5. The quantitative estimate of drug-likeness (QED) is 0.778. The Labute approximate surface area is 164 Å². The van der Waals surface area contributed by atoms with E-state index in [1.54, 1.807) is 0 Å². The Kier molecular flexibility index (Phi) is 5.74. The summed E-state index contributed by atoms with van der Waals surface area (Å²) in [4.78, 5) is 11.9. The van der Waals surface area contributed by atoms with Gasteiger partial charge in [0, 0.05) is 29.1 Å². The van der Waals surface area contributed by atoms with Crippen molar-refractivity contribution in [1.29, 1.82) is 0 Å². The van der Waals surface area contributed by atoms with Gasteiger partial charge in [0.05, 0.1) is 5.54 Å². The molecule has 2 aromatic rings. The van der Waals surface area contributed by atoms with Crippen molar-refractivity contribution in [3.63, 3.8) is 0 Å². The van der Waals surface area contributed by atoms with Gasteiger partial charge in [-0.05, 0) is 71.5 Å². The van der Waals surface area contributed by atoms with Crippen LogP contribution in [0.5, 0.6) is 0 Å². The summed E-state index contributed by atoms with van der Waals surface area (Å²) in [5.41, 5.74) is 1.04. The third kappa shape index (κ3) is 5.00. The number of carbonyl (C=O) groups excluding carboxylic acids is 1. The van der Waals surface area contributed by atoms with E-state index in [1.165, 1.54) is 17.2 Å². The second kappa shape index (κ2) is 7.88. The fourth-order valence-corrected chi connectivity index (χ4v) is 3.90. The van der Waals surface area contributed by atoms with Gasteiger partial charge in [-0.2, -0.15) is 9.47 Å². The van der Waals surface area contributed by atoms with Crippen LogP contribution in [0.2, 0.25) is 0 Å². The number of ether oxygens (including phenoxy) is 1. The molecule has 0 aliphatic heterocycles. The molecule has 0 bridgehead atoms. The molecular weight excluding hydrogens is 362 g/mol. The molecule has 27 heavy (non-hydrogen) atoms. The van der Waals surface area contributed by atoms with Crippen LogP contribution < -0.4 is 10.6 Å². The summed E-state index contributed by atoms with van der Waals surface area (Å²) in [6, 6.07) is 4.12. The van der Waals surface area contributed by atoms with Crippen LogP contribution >= 0.6 is 11.5 Å². The van der Waals surface area contributed by atoms with Crippen molar-refractivity contribution in [1.82, 2.24) is 19.5 Å². The number of nitrogens with one attached hydrogen (secondary N) is 2. The molecular formula is C19H29N5O2S. The van der Waals surface area contributed by atoms with Crippen molar-refractivity contribution in [2.75, 3.05) is 5.32 Å². The standard InChI is InChI=1S/C19H29N5O2S/c1-12(2)20-18(25)26-14-7-6-13(10-14)15-11-17(21-16-8-9-27-23-16)22-24(15)19(3,4)5/h8-9,11-14H,6-7,10H2,1-5H3,(H,20,25)(H,21,22,23)/t13-,14+/m1/s1. The van der Waals surface area contributed by atoms with Gasteiger partial charge in [-0.3, -0.25) is 4.68 Å². The van der Waals surface area contributed by atoms with Crippen LogP contribution in [0.3, 0.4) is 0 Å². The maximum absolute atomic E-state index is 11.9. The van der Waals surface area contributed by atoms with Crippen LogP contribution in [-0.2, 0) is 10.3 Å². The molecule has 0 spiro atoms. The van der Waals surface area contributed by atoms with E-state index in [2.05, 4.69) is 46.5 Å². The molecule has 7 nitrogen and oxygen atoms in total. The second-order valence-electron chi connectivity index (χ2n) is 8.38. The van der Waals surface area contributed by atoms with E-state index >= 15 is 0 Å². The van der Waals surface area contributed by atoms with E-state index in [0.29, 0.717) is 5.92 Å². The monoisotopic (exact) mass is 391 g/mol. The smallest absolute Gasteiger partial charge is 0.407 e. The summed E-state index contributed by atoms with van der Waals surface area (Å²) in [7, 11) is 0. The Bertz CT molecular complexity index is 764. The number of aromatic nitrogens is 3. The molecule has 2 atom stereocenters. The predicted octanol–water partition coefficient (Wildman–Crippen LogP) is 4.61. The van der Waals surface area contributed by atoms with Gasteiger partial charge in [-0.15, -0.1) is 0 Å². The van der Waals surface area contributed by atoms with Crippen LogP contribution in [0.25, 0.3) is 0 Å². The Morgan fingerprint density at radius 2 is 2.11 bits per heavy atom. The first-order chi connectivity index (χ1) is 12.7. The first kappa shape index (κ1) is 19.7. The van der Waals surface area contributed by atoms with E-state index in [0.717, 1.165) is 30.9 Å². The van der Waals surface area contributed by atoms with Gasteiger partial charge >= 0.3 is 6.09 Å². The minimum atomic E-state index is -0.328. The molecule has 2 aromatic heterocycles. The summed E-state index contributed by atoms with van der Waals surface area (Å²) in [5, 5.41) is 12.8. The van der Waals surface area contributed by atoms with E-state index in [9.17, 15) is 4.79 Å². The predicted molar refractivity (Wildman–Crippen MR) is 108 cm³/mol. The molecule has 1 fully saturated rings. The summed E-state index contributed by atoms with van der Waals surface area (Å²) in [6.45, 7) is 10.3. The van der Waals surface area contributed by atoms with Gasteiger partial charge < -0.3 is 15.4 Å². The number of nitrogens with zero attached hydrogens (tertiary/aromatic N) is 3. The highest BCUT2D eigenvalue weighted by Crippen LogP contribution is 2.39. The molecule has 3 rings (SSSR count). The minimum Gasteiger partial charge on any atom is -0.446 e. The minimum absolute atomic E-state index is 0.0491. The van der Waals surface area contributed by atoms with Crippen LogP contribution in [0.15, 0.2) is 17.5 Å². The van der Waals surface area contributed by atoms with Gasteiger partial charge in [-0.1, -0.05) is 0 Å². The molecule has 1 aliphatic carbocycles. The summed E-state index contributed by atoms with van der Waals surface area (Å²) >= 11 is 1.41. The summed E-state index contributed by atoms with van der Waals surface area (Å²) < 4.78 is 12.0. The van der Waals surface area contributed by atoms with E-state index < -0.39 is 0 Å². The Morgan fingerprint density at radius 1 is 1.33 bits per heavy atom. The molecule has 0 unspecified atom stereocenters. The SMILES string of the molecule is CC(C)NC(=O)O[C@H]1CC[C@@H](c2cc(Nc3ccsn3)nn2C(C)(C)C)C1. The lowest BCUT2D eigenvalue weighted by Gasteiger charge is -2.24. The fraction of sp³-hybridized carbons (Fsp3) is 0.632. The van der Waals surface area contributed by atoms with Gasteiger partial charge in [0.1, 0.15) is 11.9 Å². The number of amides is 1. The Balaban J connectivity index is 1.73. The van der Waals surface area contributed by atoms with Gasteiger partial charge in [0.2, 0.25) is 0 Å². The fourth-order valence-electron chi connectivity index (χ4n) is 3.43. The average Bonchev–Trinajstić information content (AvgIpc) is 3.26. The van der Waals surface area contributed by atoms with Crippen molar-refractivity contribution < 1.29 is 9.53 Å². The van der Waals surface area contributed by atoms with Crippen LogP contribution in [0.1, 0.15) is 65.5 Å². The second-order valence-corrected chi connectivity index (χ2v) is 9.05. The zero-order chi connectivity index (χ0) is 19.6. The molecule has 2 N–H and O–H groups in total. The van der Waals surface area contributed by atoms with Crippen molar-refractivity contribution >= 4 is 29.3 Å². The van der Waals surface area contributed by atoms with Crippen LogP contribution in [0, 0.1) is 0 Å². The molecule has 1 aliphatic rings. The number of hydrogen-bond donors (Lipinski definition) is 2. The number of rotatable bonds is 5. The molecule has 8 heteroatoms. The first-order valence-electron chi connectivity index (χ1n) is 9.47. The highest BCUT2D eigenvalue weighted by molar-refractivity contribution is 7.03. The Morgan fingerprint density at radius 3 is 2.74 bits per heavy atom. The third-order valence-corrected chi connectivity index (χ3v) is 5.11. The lowest BCUT2D eigenvalue weighted by atomic mass is 10.0. The third-order valence-electron chi connectivity index (χ3n) is 4.55. The van der Waals surface area contributed by atoms with Crippen LogP contribution in [-0.4, -0.2) is 32.4 Å². The van der Waals surface area contributed by atoms with Gasteiger partial charge in [0.25, 0.3) is 0 Å². The Hall–Kier alpha value is -2.09. The highest BCUT2D eigenvalue weighted by Gasteiger charge is 2.33. The number of hydrogen-bond acceptors (Lipinski definition) is 6. The van der Waals surface area contributed by atoms with E-state index in [4.69, 9.17) is 9.84 Å². The van der Waals surface area contributed by atoms with Gasteiger partial charge in [-0.25, -0.2) is 4.79 Å². The number of alkyl carbamates (subject to hydrolysis) is 1. The maximum atomic E-state index is 11.9. The zero-order valence-electron chi connectivity index (χ0n) is 16.7. The summed E-state index contributed by atoms with van der Waals surface area (Å²) in [6.07, 6.45) is 2.30. The molecule has 1 saturated carbocycles. The van der Waals surface area contributed by atoms with E-state index in [-0.39, 0.29) is 23.8 Å². The average molecular weight is 392 g/mol. The van der Waals surface area contributed by atoms with Crippen molar-refractivity contribution in [2.45, 2.75) is 77.5 Å². The number of carbonyl (C=O) groups is 1. The lowest BCUT2D eigenvalue weighted by molar-refractivity contribution is 0.0979. The maximum Gasteiger partial charge on any atom is 0.407 e. The molecule has 0 saturated heterocycles. The number of anilines is 2. The molecule has 1 amide bonds. The lowest BCUT2D eigenvalue weighted by Crippen LogP contribution is -2.33. The van der Waals surface area contributed by atoms with E-state index in [1.807, 2.05) is 25.3 Å². The van der Waals surface area contributed by atoms with Crippen LogP contribution in [0.4, 0.5) is 16.4 Å². The molecule has 0 radical (unpaired) electrons. The van der Waals surface area contributed by atoms with Crippen molar-refractivity contribution in [2.24, 2.45) is 0 Å². The van der Waals surface area contributed by atoms with Crippen molar-refractivity contribution in [3.05, 3.63) is 23.2 Å². The highest BCUT2D eigenvalue weighted by atomic mass is 32.1. The molecule has 148 valence electrons. The van der Waals surface area contributed by atoms with Gasteiger partial charge in [0.15, 0.2) is 5.82 Å². The normalized spacial score (nSPS) is 20.1. The molecule has 0 aromatic carbocycles. The largest absolute Gasteiger partial charge is 0.446 e. The molecule has 2 heterocycles. The summed E-state index contributed by atoms with van der Waals surface area (Å²) in [5.74, 6) is 1.93. The topological polar surface area (TPSA) is 81.1 Å². The van der Waals surface area contributed by atoms with Crippen molar-refractivity contribution in [3.8, 4) is 0 Å². The first-order valence-corrected chi connectivity index (χ1v) is 10.3.